The van der Waals surface area contributed by atoms with Gasteiger partial charge in [-0.05, 0) is 29.3 Å². The number of nitrogens with two attached hydrogens (primary N) is 1. The van der Waals surface area contributed by atoms with Gasteiger partial charge in [0.25, 0.3) is 0 Å². The number of rotatable bonds is 6. The van der Waals surface area contributed by atoms with Gasteiger partial charge in [0.2, 0.25) is 5.91 Å². The quantitative estimate of drug-likeness (QED) is 0.789. The summed E-state index contributed by atoms with van der Waals surface area (Å²) in [6.07, 6.45) is 0.984. The predicted octanol–water partition coefficient (Wildman–Crippen LogP) is 2.49. The first kappa shape index (κ1) is 15.1. The molecular weight excluding hydrogens is 264 g/mol. The van der Waals surface area contributed by atoms with E-state index in [0.717, 1.165) is 6.42 Å². The molecule has 0 spiro atoms. The van der Waals surface area contributed by atoms with E-state index in [-0.39, 0.29) is 22.7 Å². The van der Waals surface area contributed by atoms with Crippen molar-refractivity contribution in [3.05, 3.63) is 21.9 Å². The predicted molar refractivity (Wildman–Crippen MR) is 80.7 cm³/mol. The Balaban J connectivity index is 2.62. The smallest absolute Gasteiger partial charge is 0.230 e. The highest BCUT2D eigenvalue weighted by Gasteiger charge is 2.24. The normalized spacial score (nSPS) is 12.4. The number of aryl methyl sites for hydroxylation is 1. The van der Waals surface area contributed by atoms with Crippen LogP contribution in [0.1, 0.15) is 31.2 Å². The molecule has 0 saturated carbocycles. The highest BCUT2D eigenvalue weighted by Crippen LogP contribution is 2.18. The van der Waals surface area contributed by atoms with E-state index in [1.165, 1.54) is 10.4 Å². The lowest BCUT2D eigenvalue weighted by Crippen LogP contribution is -2.40. The van der Waals surface area contributed by atoms with Crippen molar-refractivity contribution in [2.75, 3.05) is 0 Å². The summed E-state index contributed by atoms with van der Waals surface area (Å²) in [5, 5.41) is 4.98. The molecule has 0 bridgehead atoms. The Labute approximate surface area is 118 Å². The van der Waals surface area contributed by atoms with Crippen LogP contribution in [0.3, 0.4) is 0 Å². The number of hydrogen-bond acceptors (Lipinski definition) is 3. The van der Waals surface area contributed by atoms with E-state index in [4.69, 9.17) is 18.0 Å². The highest BCUT2D eigenvalue weighted by molar-refractivity contribution is 7.80. The Bertz CT molecular complexity index is 426. The summed E-state index contributed by atoms with van der Waals surface area (Å²) in [6.45, 7) is 6.57. The van der Waals surface area contributed by atoms with Crippen LogP contribution in [0.5, 0.6) is 0 Å². The minimum Gasteiger partial charge on any atom is -0.393 e. The Morgan fingerprint density at radius 1 is 1.56 bits per heavy atom. The van der Waals surface area contributed by atoms with Crippen molar-refractivity contribution in [1.29, 1.82) is 0 Å². The van der Waals surface area contributed by atoms with Crippen molar-refractivity contribution < 1.29 is 4.79 Å². The van der Waals surface area contributed by atoms with Crippen molar-refractivity contribution in [1.82, 2.24) is 5.32 Å². The average molecular weight is 284 g/mol. The third-order valence-corrected chi connectivity index (χ3v) is 4.11. The Hall–Kier alpha value is -0.940. The average Bonchev–Trinajstić information content (AvgIpc) is 2.72. The van der Waals surface area contributed by atoms with Gasteiger partial charge in [0.15, 0.2) is 0 Å². The van der Waals surface area contributed by atoms with Crippen molar-refractivity contribution >= 4 is 34.5 Å². The molecule has 1 aromatic heterocycles. The van der Waals surface area contributed by atoms with Gasteiger partial charge in [-0.1, -0.05) is 33.0 Å². The van der Waals surface area contributed by atoms with Crippen molar-refractivity contribution in [2.24, 2.45) is 17.6 Å². The van der Waals surface area contributed by atoms with E-state index in [9.17, 15) is 4.79 Å². The fourth-order valence-electron chi connectivity index (χ4n) is 1.87. The summed E-state index contributed by atoms with van der Waals surface area (Å²) in [5.74, 6) is -0.338. The molecule has 0 aliphatic carbocycles. The van der Waals surface area contributed by atoms with Gasteiger partial charge in [-0.2, -0.15) is 0 Å². The largest absolute Gasteiger partial charge is 0.393 e. The van der Waals surface area contributed by atoms with E-state index < -0.39 is 0 Å². The maximum absolute atomic E-state index is 12.0. The molecule has 1 unspecified atom stereocenters. The van der Waals surface area contributed by atoms with Gasteiger partial charge < -0.3 is 11.1 Å². The maximum atomic E-state index is 12.0. The zero-order valence-electron chi connectivity index (χ0n) is 11.0. The first-order valence-corrected chi connectivity index (χ1v) is 7.38. The SMILES string of the molecule is CCc1ccsc1CNC(=O)C(C(N)=S)C(C)C. The topological polar surface area (TPSA) is 55.1 Å². The zero-order chi connectivity index (χ0) is 13.7. The molecule has 1 rings (SSSR count). The molecule has 0 saturated heterocycles. The van der Waals surface area contributed by atoms with Crippen LogP contribution in [0.2, 0.25) is 0 Å². The van der Waals surface area contributed by atoms with Crippen LogP contribution in [-0.4, -0.2) is 10.9 Å². The summed E-state index contributed by atoms with van der Waals surface area (Å²) in [6, 6.07) is 2.10. The van der Waals surface area contributed by atoms with Gasteiger partial charge in [-0.25, -0.2) is 0 Å². The van der Waals surface area contributed by atoms with Gasteiger partial charge in [0.05, 0.1) is 17.5 Å². The molecule has 3 nitrogen and oxygen atoms in total. The molecule has 1 heterocycles. The number of thiophene rings is 1. The second-order valence-corrected chi connectivity index (χ2v) is 6.04. The van der Waals surface area contributed by atoms with Crippen LogP contribution in [0.4, 0.5) is 0 Å². The van der Waals surface area contributed by atoms with E-state index in [1.54, 1.807) is 11.3 Å². The molecular formula is C13H20N2OS2. The first-order valence-electron chi connectivity index (χ1n) is 6.09. The van der Waals surface area contributed by atoms with Crippen LogP contribution in [-0.2, 0) is 17.8 Å². The number of carbonyl (C=O) groups excluding carboxylic acids is 1. The number of hydrogen-bond donors (Lipinski definition) is 2. The van der Waals surface area contributed by atoms with Crippen molar-refractivity contribution in [2.45, 2.75) is 33.7 Å². The third kappa shape index (κ3) is 3.78. The molecule has 100 valence electrons. The van der Waals surface area contributed by atoms with Gasteiger partial charge >= 0.3 is 0 Å². The molecule has 3 N–H and O–H groups in total. The first-order chi connectivity index (χ1) is 8.47. The van der Waals surface area contributed by atoms with E-state index in [2.05, 4.69) is 18.3 Å². The standard InChI is InChI=1S/C13H20N2OS2/c1-4-9-5-6-18-10(9)7-15-13(16)11(8(2)3)12(14)17/h5-6,8,11H,4,7H2,1-3H3,(H2,14,17)(H,15,16). The minimum atomic E-state index is -0.384. The molecule has 0 aliphatic rings. The molecule has 5 heteroatoms. The molecule has 0 aliphatic heterocycles. The van der Waals surface area contributed by atoms with E-state index >= 15 is 0 Å². The maximum Gasteiger partial charge on any atom is 0.230 e. The number of carbonyl (C=O) groups is 1. The summed E-state index contributed by atoms with van der Waals surface area (Å²) in [4.78, 5) is 13.5. The molecule has 1 amide bonds. The Morgan fingerprint density at radius 2 is 2.22 bits per heavy atom. The highest BCUT2D eigenvalue weighted by atomic mass is 32.1. The minimum absolute atomic E-state index is 0.0760. The van der Waals surface area contributed by atoms with Crippen LogP contribution in [0, 0.1) is 11.8 Å². The third-order valence-electron chi connectivity index (χ3n) is 2.90. The number of thiocarbonyl (C=S) groups is 1. The van der Waals surface area contributed by atoms with Crippen LogP contribution in [0.25, 0.3) is 0 Å². The number of nitrogens with one attached hydrogen (secondary N) is 1. The summed E-state index contributed by atoms with van der Waals surface area (Å²) in [7, 11) is 0. The van der Waals surface area contributed by atoms with Gasteiger partial charge in [0, 0.05) is 4.88 Å². The van der Waals surface area contributed by atoms with Crippen LogP contribution >= 0.6 is 23.6 Å². The fraction of sp³-hybridized carbons (Fsp3) is 0.538. The van der Waals surface area contributed by atoms with E-state index in [0.29, 0.717) is 6.54 Å². The van der Waals surface area contributed by atoms with Gasteiger partial charge in [-0.15, -0.1) is 11.3 Å². The number of amides is 1. The van der Waals surface area contributed by atoms with Crippen molar-refractivity contribution in [3.63, 3.8) is 0 Å². The van der Waals surface area contributed by atoms with Gasteiger partial charge in [-0.3, -0.25) is 4.79 Å². The Morgan fingerprint density at radius 3 is 2.72 bits per heavy atom. The van der Waals surface area contributed by atoms with Crippen molar-refractivity contribution in [3.8, 4) is 0 Å². The second kappa shape index (κ2) is 6.85. The monoisotopic (exact) mass is 284 g/mol. The lowest BCUT2D eigenvalue weighted by Gasteiger charge is -2.18. The van der Waals surface area contributed by atoms with Gasteiger partial charge in [0.1, 0.15) is 0 Å². The molecule has 1 atom stereocenters. The zero-order valence-corrected chi connectivity index (χ0v) is 12.7. The summed E-state index contributed by atoms with van der Waals surface area (Å²) in [5.41, 5.74) is 6.91. The Kier molecular flexibility index (Phi) is 5.75. The molecule has 0 radical (unpaired) electrons. The van der Waals surface area contributed by atoms with Crippen LogP contribution < -0.4 is 11.1 Å². The lowest BCUT2D eigenvalue weighted by molar-refractivity contribution is -0.124. The van der Waals surface area contributed by atoms with E-state index in [1.807, 2.05) is 19.2 Å². The summed E-state index contributed by atoms with van der Waals surface area (Å²) < 4.78 is 0. The molecule has 0 fully saturated rings. The summed E-state index contributed by atoms with van der Waals surface area (Å²) >= 11 is 6.62. The molecule has 18 heavy (non-hydrogen) atoms. The lowest BCUT2D eigenvalue weighted by atomic mass is 9.95. The second-order valence-electron chi connectivity index (χ2n) is 4.56. The fourth-order valence-corrected chi connectivity index (χ4v) is 3.17. The van der Waals surface area contributed by atoms with Crippen LogP contribution in [0.15, 0.2) is 11.4 Å². The molecule has 0 aromatic carbocycles. The molecule has 1 aromatic rings.